The molecule has 1 aromatic carbocycles. The Labute approximate surface area is 176 Å². The van der Waals surface area contributed by atoms with Crippen LogP contribution in [0.3, 0.4) is 0 Å². The molecule has 0 bridgehead atoms. The molecule has 1 aliphatic heterocycles. The summed E-state index contributed by atoms with van der Waals surface area (Å²) >= 11 is 7.95. The van der Waals surface area contributed by atoms with E-state index < -0.39 is 20.0 Å². The van der Waals surface area contributed by atoms with Crippen molar-refractivity contribution in [3.05, 3.63) is 57.7 Å². The Bertz CT molecular complexity index is 1220. The maximum atomic E-state index is 13.0. The number of aryl methyl sites for hydroxylation is 1. The molecule has 1 N–H and O–H groups in total. The maximum Gasteiger partial charge on any atom is 0.273 e. The van der Waals surface area contributed by atoms with Crippen LogP contribution in [0.5, 0.6) is 0 Å². The van der Waals surface area contributed by atoms with Crippen LogP contribution in [0.15, 0.2) is 56.3 Å². The predicted octanol–water partition coefficient (Wildman–Crippen LogP) is 4.41. The minimum atomic E-state index is -3.80. The maximum absolute atomic E-state index is 13.0. The lowest BCUT2D eigenvalue weighted by atomic mass is 10.0. The van der Waals surface area contributed by atoms with E-state index in [9.17, 15) is 16.8 Å². The van der Waals surface area contributed by atoms with E-state index in [0.29, 0.717) is 28.7 Å². The number of nitrogens with zero attached hydrogens (tertiary/aromatic N) is 1. The Morgan fingerprint density at radius 3 is 2.54 bits per heavy atom. The van der Waals surface area contributed by atoms with E-state index in [-0.39, 0.29) is 8.42 Å². The number of thiophene rings is 2. The SMILES string of the molecule is O=S(=O)(Nc1ccc2c(c1)N(S(=O)(=O)c1cccs1)CCC2)c1ccc(Cl)s1. The summed E-state index contributed by atoms with van der Waals surface area (Å²) in [6, 6.07) is 11.2. The number of rotatable bonds is 5. The molecule has 148 valence electrons. The highest BCUT2D eigenvalue weighted by Gasteiger charge is 2.30. The van der Waals surface area contributed by atoms with Crippen LogP contribution < -0.4 is 9.03 Å². The molecule has 3 aromatic rings. The van der Waals surface area contributed by atoms with Crippen molar-refractivity contribution in [1.82, 2.24) is 0 Å². The van der Waals surface area contributed by atoms with Gasteiger partial charge in [-0.2, -0.15) is 0 Å². The highest BCUT2D eigenvalue weighted by Crippen LogP contribution is 2.36. The number of hydrogen-bond acceptors (Lipinski definition) is 6. The van der Waals surface area contributed by atoms with Crippen molar-refractivity contribution < 1.29 is 16.8 Å². The van der Waals surface area contributed by atoms with Crippen LogP contribution >= 0.6 is 34.3 Å². The molecular weight excluding hydrogens is 460 g/mol. The molecule has 0 saturated heterocycles. The van der Waals surface area contributed by atoms with Gasteiger partial charge in [0.15, 0.2) is 0 Å². The van der Waals surface area contributed by atoms with E-state index in [1.54, 1.807) is 35.7 Å². The number of benzene rings is 1. The van der Waals surface area contributed by atoms with Crippen molar-refractivity contribution in [3.8, 4) is 0 Å². The van der Waals surface area contributed by atoms with Crippen molar-refractivity contribution in [3.63, 3.8) is 0 Å². The molecule has 0 spiro atoms. The molecule has 6 nitrogen and oxygen atoms in total. The molecule has 2 aromatic heterocycles. The second-order valence-corrected chi connectivity index (χ2v) is 12.8. The molecule has 0 radical (unpaired) electrons. The summed E-state index contributed by atoms with van der Waals surface area (Å²) in [6.07, 6.45) is 1.44. The first-order valence-electron chi connectivity index (χ1n) is 8.25. The summed E-state index contributed by atoms with van der Waals surface area (Å²) < 4.78 is 55.8. The summed E-state index contributed by atoms with van der Waals surface area (Å²) in [4.78, 5) is 0. The molecule has 0 saturated carbocycles. The van der Waals surface area contributed by atoms with Gasteiger partial charge >= 0.3 is 0 Å². The second-order valence-electron chi connectivity index (χ2n) is 6.12. The first-order chi connectivity index (χ1) is 13.3. The smallest absolute Gasteiger partial charge is 0.273 e. The number of halogens is 1. The summed E-state index contributed by atoms with van der Waals surface area (Å²) in [5.41, 5.74) is 1.68. The van der Waals surface area contributed by atoms with E-state index in [1.807, 2.05) is 0 Å². The highest BCUT2D eigenvalue weighted by molar-refractivity contribution is 7.95. The van der Waals surface area contributed by atoms with E-state index in [4.69, 9.17) is 11.6 Å². The fourth-order valence-corrected chi connectivity index (χ4v) is 8.19. The molecule has 11 heteroatoms. The standard InChI is InChI=1S/C17H15ClN2O4S4/c18-15-7-8-17(26-15)27(21,22)19-13-6-5-12-3-1-9-20(14(12)11-13)28(23,24)16-4-2-10-25-16/h2,4-8,10-11,19H,1,3,9H2. The third-order valence-corrected chi connectivity index (χ3v) is 10.6. The molecule has 4 rings (SSSR count). The fourth-order valence-electron chi connectivity index (χ4n) is 3.02. The average molecular weight is 475 g/mol. The third-order valence-electron chi connectivity index (χ3n) is 4.27. The van der Waals surface area contributed by atoms with Gasteiger partial charge in [0, 0.05) is 6.54 Å². The third kappa shape index (κ3) is 3.67. The van der Waals surface area contributed by atoms with Gasteiger partial charge in [0.05, 0.1) is 15.7 Å². The van der Waals surface area contributed by atoms with Gasteiger partial charge in [0.25, 0.3) is 20.0 Å². The van der Waals surface area contributed by atoms with E-state index in [2.05, 4.69) is 4.72 Å². The minimum Gasteiger partial charge on any atom is -0.279 e. The van der Waals surface area contributed by atoms with Crippen LogP contribution in [-0.2, 0) is 26.5 Å². The van der Waals surface area contributed by atoms with Crippen LogP contribution in [0.25, 0.3) is 0 Å². The van der Waals surface area contributed by atoms with Crippen LogP contribution in [0.1, 0.15) is 12.0 Å². The second kappa shape index (κ2) is 7.34. The quantitative estimate of drug-likeness (QED) is 0.593. The topological polar surface area (TPSA) is 83.6 Å². The van der Waals surface area contributed by atoms with Gasteiger partial charge in [0.2, 0.25) is 0 Å². The molecule has 3 heterocycles. The Morgan fingerprint density at radius 1 is 1.04 bits per heavy atom. The fraction of sp³-hybridized carbons (Fsp3) is 0.176. The van der Waals surface area contributed by atoms with Gasteiger partial charge < -0.3 is 0 Å². The molecule has 0 fully saturated rings. The van der Waals surface area contributed by atoms with Gasteiger partial charge in [-0.3, -0.25) is 9.03 Å². The summed E-state index contributed by atoms with van der Waals surface area (Å²) in [5, 5.41) is 1.72. The zero-order chi connectivity index (χ0) is 19.9. The summed E-state index contributed by atoms with van der Waals surface area (Å²) in [6.45, 7) is 0.351. The lowest BCUT2D eigenvalue weighted by molar-refractivity contribution is 0.588. The summed E-state index contributed by atoms with van der Waals surface area (Å²) in [7, 11) is -7.48. The molecule has 0 atom stereocenters. The van der Waals surface area contributed by atoms with Crippen molar-refractivity contribution in [2.75, 3.05) is 15.6 Å². The molecule has 0 amide bonds. The van der Waals surface area contributed by atoms with Crippen molar-refractivity contribution in [2.24, 2.45) is 0 Å². The molecule has 1 aliphatic rings. The molecule has 28 heavy (non-hydrogen) atoms. The minimum absolute atomic E-state index is 0.0956. The van der Waals surface area contributed by atoms with Crippen molar-refractivity contribution >= 4 is 65.7 Å². The number of anilines is 2. The zero-order valence-corrected chi connectivity index (χ0v) is 18.4. The number of nitrogens with one attached hydrogen (secondary N) is 1. The van der Waals surface area contributed by atoms with Crippen LogP contribution in [-0.4, -0.2) is 23.4 Å². The van der Waals surface area contributed by atoms with Gasteiger partial charge in [-0.15, -0.1) is 22.7 Å². The monoisotopic (exact) mass is 474 g/mol. The first kappa shape index (κ1) is 19.7. The van der Waals surface area contributed by atoms with E-state index in [0.717, 1.165) is 34.7 Å². The zero-order valence-electron chi connectivity index (χ0n) is 14.3. The van der Waals surface area contributed by atoms with Crippen molar-refractivity contribution in [2.45, 2.75) is 21.3 Å². The van der Waals surface area contributed by atoms with E-state index in [1.165, 1.54) is 16.4 Å². The number of sulfonamides is 2. The van der Waals surface area contributed by atoms with Gasteiger partial charge in [-0.25, -0.2) is 16.8 Å². The molecule has 0 aliphatic carbocycles. The Morgan fingerprint density at radius 2 is 1.86 bits per heavy atom. The number of fused-ring (bicyclic) bond motifs is 1. The Balaban J connectivity index is 1.71. The van der Waals surface area contributed by atoms with Crippen LogP contribution in [0, 0.1) is 0 Å². The predicted molar refractivity (Wildman–Crippen MR) is 114 cm³/mol. The van der Waals surface area contributed by atoms with Crippen LogP contribution in [0.4, 0.5) is 11.4 Å². The number of hydrogen-bond donors (Lipinski definition) is 1. The van der Waals surface area contributed by atoms with Crippen LogP contribution in [0.2, 0.25) is 4.34 Å². The average Bonchev–Trinajstić information content (AvgIpc) is 3.33. The largest absolute Gasteiger partial charge is 0.279 e. The lowest BCUT2D eigenvalue weighted by Crippen LogP contribution is -2.35. The van der Waals surface area contributed by atoms with Gasteiger partial charge in [0.1, 0.15) is 8.42 Å². The first-order valence-corrected chi connectivity index (χ1v) is 13.2. The highest BCUT2D eigenvalue weighted by atomic mass is 35.5. The van der Waals surface area contributed by atoms with Gasteiger partial charge in [-0.1, -0.05) is 23.7 Å². The van der Waals surface area contributed by atoms with Crippen molar-refractivity contribution in [1.29, 1.82) is 0 Å². The Hall–Kier alpha value is -1.59. The van der Waals surface area contributed by atoms with Gasteiger partial charge in [-0.05, 0) is 54.1 Å². The lowest BCUT2D eigenvalue weighted by Gasteiger charge is -2.30. The summed E-state index contributed by atoms with van der Waals surface area (Å²) in [5.74, 6) is 0. The van der Waals surface area contributed by atoms with E-state index >= 15 is 0 Å². The normalized spacial score (nSPS) is 14.7. The molecule has 0 unspecified atom stereocenters. The molecular formula is C17H15ClN2O4S4. The Kier molecular flexibility index (Phi) is 5.17.